The fraction of sp³-hybridized carbons (Fsp3) is 0.538. The molecule has 1 atom stereocenters. The molecule has 1 aromatic heterocycles. The van der Waals surface area contributed by atoms with E-state index < -0.39 is 0 Å². The number of anilines is 1. The standard InChI is InChI=1S/C13H19ClN4O/c1-2-9-4-3-5-18(8-9)13(19)10-6-11(14)16-12(7-10)17-15/h6-7,9H,2-5,8,15H2,1H3,(H,16,17). The van der Waals surface area contributed by atoms with Crippen molar-refractivity contribution in [2.24, 2.45) is 11.8 Å². The maximum atomic E-state index is 12.5. The van der Waals surface area contributed by atoms with Gasteiger partial charge in [-0.2, -0.15) is 0 Å². The molecule has 3 N–H and O–H groups in total. The molecular weight excluding hydrogens is 264 g/mol. The lowest BCUT2D eigenvalue weighted by molar-refractivity contribution is 0.0671. The van der Waals surface area contributed by atoms with Crippen LogP contribution in [0.15, 0.2) is 12.1 Å². The number of pyridine rings is 1. The lowest BCUT2D eigenvalue weighted by Crippen LogP contribution is -2.39. The van der Waals surface area contributed by atoms with E-state index in [1.54, 1.807) is 12.1 Å². The molecule has 0 aliphatic carbocycles. The van der Waals surface area contributed by atoms with E-state index in [1.165, 1.54) is 6.42 Å². The van der Waals surface area contributed by atoms with Gasteiger partial charge in [-0.15, -0.1) is 0 Å². The van der Waals surface area contributed by atoms with Crippen LogP contribution in [0.2, 0.25) is 5.15 Å². The quantitative estimate of drug-likeness (QED) is 0.507. The first-order valence-electron chi connectivity index (χ1n) is 6.57. The van der Waals surface area contributed by atoms with E-state index in [4.69, 9.17) is 17.4 Å². The van der Waals surface area contributed by atoms with Crippen molar-refractivity contribution in [1.82, 2.24) is 9.88 Å². The van der Waals surface area contributed by atoms with E-state index in [0.29, 0.717) is 17.3 Å². The lowest BCUT2D eigenvalue weighted by Gasteiger charge is -2.32. The minimum atomic E-state index is -0.000972. The maximum absolute atomic E-state index is 12.5. The monoisotopic (exact) mass is 282 g/mol. The average molecular weight is 283 g/mol. The largest absolute Gasteiger partial charge is 0.338 e. The van der Waals surface area contributed by atoms with Gasteiger partial charge in [0.1, 0.15) is 11.0 Å². The molecule has 6 heteroatoms. The van der Waals surface area contributed by atoms with Crippen molar-refractivity contribution < 1.29 is 4.79 Å². The van der Waals surface area contributed by atoms with Gasteiger partial charge in [0.2, 0.25) is 0 Å². The molecule has 0 bridgehead atoms. The summed E-state index contributed by atoms with van der Waals surface area (Å²) in [4.78, 5) is 18.3. The van der Waals surface area contributed by atoms with Crippen molar-refractivity contribution in [3.05, 3.63) is 22.8 Å². The van der Waals surface area contributed by atoms with Crippen LogP contribution in [-0.4, -0.2) is 28.9 Å². The van der Waals surface area contributed by atoms with Gasteiger partial charge in [0.05, 0.1) is 0 Å². The van der Waals surface area contributed by atoms with Crippen molar-refractivity contribution in [3.8, 4) is 0 Å². The molecule has 1 unspecified atom stereocenters. The number of nitrogen functional groups attached to an aromatic ring is 1. The molecule has 1 amide bonds. The summed E-state index contributed by atoms with van der Waals surface area (Å²) in [6.45, 7) is 3.79. The topological polar surface area (TPSA) is 71.2 Å². The Labute approximate surface area is 118 Å². The normalized spacial score (nSPS) is 19.3. The Morgan fingerprint density at radius 1 is 1.63 bits per heavy atom. The number of nitrogens with one attached hydrogen (secondary N) is 1. The van der Waals surface area contributed by atoms with Crippen LogP contribution in [0.4, 0.5) is 5.82 Å². The number of amides is 1. The number of hydrogen-bond donors (Lipinski definition) is 2. The van der Waals surface area contributed by atoms with Gasteiger partial charge in [0.25, 0.3) is 5.91 Å². The molecule has 0 saturated carbocycles. The Kier molecular flexibility index (Phi) is 4.61. The maximum Gasteiger partial charge on any atom is 0.254 e. The Morgan fingerprint density at radius 2 is 2.42 bits per heavy atom. The number of halogens is 1. The summed E-state index contributed by atoms with van der Waals surface area (Å²) in [7, 11) is 0. The fourth-order valence-electron chi connectivity index (χ4n) is 2.46. The van der Waals surface area contributed by atoms with Crippen molar-refractivity contribution in [2.45, 2.75) is 26.2 Å². The van der Waals surface area contributed by atoms with Gasteiger partial charge >= 0.3 is 0 Å². The molecule has 104 valence electrons. The summed E-state index contributed by atoms with van der Waals surface area (Å²) >= 11 is 5.89. The van der Waals surface area contributed by atoms with Crippen LogP contribution in [0.1, 0.15) is 36.5 Å². The number of aromatic nitrogens is 1. The molecule has 5 nitrogen and oxygen atoms in total. The second-order valence-corrected chi connectivity index (χ2v) is 5.26. The third kappa shape index (κ3) is 3.36. The van der Waals surface area contributed by atoms with Gasteiger partial charge in [-0.25, -0.2) is 10.8 Å². The van der Waals surface area contributed by atoms with E-state index in [-0.39, 0.29) is 11.1 Å². The molecule has 1 saturated heterocycles. The summed E-state index contributed by atoms with van der Waals surface area (Å²) in [5.74, 6) is 6.31. The van der Waals surface area contributed by atoms with Crippen molar-refractivity contribution >= 4 is 23.3 Å². The summed E-state index contributed by atoms with van der Waals surface area (Å²) < 4.78 is 0. The van der Waals surface area contributed by atoms with Crippen LogP contribution in [0.25, 0.3) is 0 Å². The highest BCUT2D eigenvalue weighted by atomic mass is 35.5. The number of likely N-dealkylation sites (tertiary alicyclic amines) is 1. The highest BCUT2D eigenvalue weighted by molar-refractivity contribution is 6.29. The number of hydrogen-bond acceptors (Lipinski definition) is 4. The van der Waals surface area contributed by atoms with E-state index >= 15 is 0 Å². The summed E-state index contributed by atoms with van der Waals surface area (Å²) in [5, 5.41) is 0.267. The zero-order valence-electron chi connectivity index (χ0n) is 11.0. The number of nitrogens with zero attached hydrogens (tertiary/aromatic N) is 2. The van der Waals surface area contributed by atoms with Crippen LogP contribution in [-0.2, 0) is 0 Å². The van der Waals surface area contributed by atoms with Gasteiger partial charge in [-0.05, 0) is 30.9 Å². The zero-order valence-corrected chi connectivity index (χ0v) is 11.8. The minimum Gasteiger partial charge on any atom is -0.338 e. The second-order valence-electron chi connectivity index (χ2n) is 4.88. The molecule has 1 aliphatic rings. The van der Waals surface area contributed by atoms with Gasteiger partial charge in [0, 0.05) is 18.7 Å². The second kappa shape index (κ2) is 6.21. The highest BCUT2D eigenvalue weighted by Crippen LogP contribution is 2.22. The zero-order chi connectivity index (χ0) is 13.8. The fourth-order valence-corrected chi connectivity index (χ4v) is 2.67. The smallest absolute Gasteiger partial charge is 0.254 e. The molecule has 19 heavy (non-hydrogen) atoms. The molecule has 1 aliphatic heterocycles. The summed E-state index contributed by atoms with van der Waals surface area (Å²) in [6.07, 6.45) is 3.37. The number of carbonyl (C=O) groups excluding carboxylic acids is 1. The van der Waals surface area contributed by atoms with Gasteiger partial charge in [-0.3, -0.25) is 4.79 Å². The van der Waals surface area contributed by atoms with Crippen LogP contribution >= 0.6 is 11.6 Å². The van der Waals surface area contributed by atoms with E-state index in [0.717, 1.165) is 25.9 Å². The molecule has 0 radical (unpaired) electrons. The minimum absolute atomic E-state index is 0.000972. The van der Waals surface area contributed by atoms with Crippen LogP contribution in [0, 0.1) is 5.92 Å². The molecule has 2 rings (SSSR count). The first-order chi connectivity index (χ1) is 9.13. The summed E-state index contributed by atoms with van der Waals surface area (Å²) in [6, 6.07) is 3.21. The molecule has 1 aromatic rings. The van der Waals surface area contributed by atoms with Crippen LogP contribution in [0.5, 0.6) is 0 Å². The Hall–Kier alpha value is -1.33. The van der Waals surface area contributed by atoms with Gasteiger partial charge in [0.15, 0.2) is 0 Å². The van der Waals surface area contributed by atoms with Gasteiger partial charge in [-0.1, -0.05) is 24.9 Å². The van der Waals surface area contributed by atoms with E-state index in [9.17, 15) is 4.79 Å². The Balaban J connectivity index is 2.16. The predicted molar refractivity (Wildman–Crippen MR) is 76.0 cm³/mol. The number of piperidine rings is 1. The van der Waals surface area contributed by atoms with E-state index in [2.05, 4.69) is 17.3 Å². The third-order valence-electron chi connectivity index (χ3n) is 3.57. The van der Waals surface area contributed by atoms with Crippen molar-refractivity contribution in [1.29, 1.82) is 0 Å². The first kappa shape index (κ1) is 14.1. The van der Waals surface area contributed by atoms with Gasteiger partial charge < -0.3 is 10.3 Å². The van der Waals surface area contributed by atoms with Crippen LogP contribution in [0.3, 0.4) is 0 Å². The van der Waals surface area contributed by atoms with E-state index in [1.807, 2.05) is 4.90 Å². The third-order valence-corrected chi connectivity index (χ3v) is 3.77. The molecule has 1 fully saturated rings. The van der Waals surface area contributed by atoms with Crippen LogP contribution < -0.4 is 11.3 Å². The SMILES string of the molecule is CCC1CCCN(C(=O)c2cc(Cl)nc(NN)c2)C1. The Morgan fingerprint density at radius 3 is 3.11 bits per heavy atom. The Bertz CT molecular complexity index is 466. The number of hydrazine groups is 1. The highest BCUT2D eigenvalue weighted by Gasteiger charge is 2.24. The summed E-state index contributed by atoms with van der Waals surface area (Å²) in [5.41, 5.74) is 2.95. The number of rotatable bonds is 3. The number of nitrogens with two attached hydrogens (primary N) is 1. The molecule has 0 spiro atoms. The molecule has 2 heterocycles. The average Bonchev–Trinajstić information content (AvgIpc) is 2.45. The lowest BCUT2D eigenvalue weighted by atomic mass is 9.95. The molecular formula is C13H19ClN4O. The molecule has 0 aromatic carbocycles. The number of carbonyl (C=O) groups is 1. The first-order valence-corrected chi connectivity index (χ1v) is 6.95. The van der Waals surface area contributed by atoms with Crippen molar-refractivity contribution in [2.75, 3.05) is 18.5 Å². The van der Waals surface area contributed by atoms with Crippen molar-refractivity contribution in [3.63, 3.8) is 0 Å². The predicted octanol–water partition coefficient (Wildman–Crippen LogP) is 2.28.